The number of carbonyl (C=O) groups is 1. The van der Waals surface area contributed by atoms with Gasteiger partial charge in [0, 0.05) is 29.7 Å². The molecule has 1 amide bonds. The largest absolute Gasteiger partial charge is 0.490 e. The van der Waals surface area contributed by atoms with E-state index < -0.39 is 6.10 Å². The van der Waals surface area contributed by atoms with E-state index in [2.05, 4.69) is 21.4 Å². The van der Waals surface area contributed by atoms with Gasteiger partial charge < -0.3 is 30.9 Å². The molecule has 0 radical (unpaired) electrons. The monoisotopic (exact) mass is 425 g/mol. The number of nitrogens with one attached hydrogen (secondary N) is 4. The molecule has 0 spiro atoms. The number of rotatable bonds is 7. The van der Waals surface area contributed by atoms with E-state index in [1.807, 2.05) is 55.5 Å². The second kappa shape index (κ2) is 9.25. The van der Waals surface area contributed by atoms with Crippen molar-refractivity contribution in [2.75, 3.05) is 19.8 Å². The van der Waals surface area contributed by atoms with Crippen LogP contribution in [0.4, 0.5) is 0 Å². The number of amides is 1. The average Bonchev–Trinajstić information content (AvgIpc) is 3.21. The minimum Gasteiger partial charge on any atom is -0.490 e. The summed E-state index contributed by atoms with van der Waals surface area (Å²) in [6.07, 6.45) is 8.35. The molecule has 3 heterocycles. The predicted molar refractivity (Wildman–Crippen MR) is 115 cm³/mol. The van der Waals surface area contributed by atoms with Gasteiger partial charge in [-0.2, -0.15) is 0 Å². The second-order valence-electron chi connectivity index (χ2n) is 7.51. The molecular formula is C22H27N5O4. The molecule has 0 aromatic heterocycles. The minimum absolute atomic E-state index is 0.0116. The van der Waals surface area contributed by atoms with E-state index in [9.17, 15) is 9.90 Å². The Morgan fingerprint density at radius 2 is 2.19 bits per heavy atom. The Hall–Kier alpha value is -3.27. The lowest BCUT2D eigenvalue weighted by Crippen LogP contribution is -2.51. The van der Waals surface area contributed by atoms with Crippen molar-refractivity contribution in [1.29, 1.82) is 0 Å². The van der Waals surface area contributed by atoms with Gasteiger partial charge in [0.2, 0.25) is 0 Å². The average molecular weight is 425 g/mol. The summed E-state index contributed by atoms with van der Waals surface area (Å²) in [5.41, 5.74) is 6.45. The summed E-state index contributed by atoms with van der Waals surface area (Å²) in [4.78, 5) is 12.9. The highest BCUT2D eigenvalue weighted by Gasteiger charge is 2.34. The van der Waals surface area contributed by atoms with Crippen LogP contribution in [0.1, 0.15) is 18.5 Å². The van der Waals surface area contributed by atoms with E-state index >= 15 is 0 Å². The Labute approximate surface area is 180 Å². The molecule has 6 N–H and O–H groups in total. The number of dihydropyridines is 1. The van der Waals surface area contributed by atoms with Gasteiger partial charge in [0.25, 0.3) is 5.91 Å². The number of nitrogens with zero attached hydrogens (tertiary/aromatic N) is 1. The summed E-state index contributed by atoms with van der Waals surface area (Å²) in [6.45, 7) is 2.25. The molecule has 9 heteroatoms. The number of hydrogen-bond donors (Lipinski definition) is 6. The molecule has 0 fully saturated rings. The maximum atomic E-state index is 12.9. The minimum atomic E-state index is -0.949. The van der Waals surface area contributed by atoms with Gasteiger partial charge in [-0.3, -0.25) is 9.80 Å². The van der Waals surface area contributed by atoms with Gasteiger partial charge in [-0.1, -0.05) is 24.3 Å². The summed E-state index contributed by atoms with van der Waals surface area (Å²) in [6, 6.07) is 7.23. The molecular weight excluding hydrogens is 398 g/mol. The molecule has 0 aliphatic carbocycles. The summed E-state index contributed by atoms with van der Waals surface area (Å²) >= 11 is 0. The van der Waals surface area contributed by atoms with Crippen LogP contribution in [-0.2, 0) is 4.79 Å². The van der Waals surface area contributed by atoms with E-state index in [1.165, 1.54) is 0 Å². The molecule has 0 saturated heterocycles. The molecule has 9 nitrogen and oxygen atoms in total. The van der Waals surface area contributed by atoms with Crippen molar-refractivity contribution in [3.8, 4) is 5.75 Å². The van der Waals surface area contributed by atoms with Gasteiger partial charge >= 0.3 is 0 Å². The smallest absolute Gasteiger partial charge is 0.274 e. The molecule has 4 rings (SSSR count). The van der Waals surface area contributed by atoms with Crippen molar-refractivity contribution in [3.63, 3.8) is 0 Å². The Bertz CT molecular complexity index is 955. The van der Waals surface area contributed by atoms with Gasteiger partial charge in [-0.15, -0.1) is 0 Å². The van der Waals surface area contributed by atoms with Crippen LogP contribution in [0.5, 0.6) is 5.75 Å². The second-order valence-corrected chi connectivity index (χ2v) is 7.51. The van der Waals surface area contributed by atoms with Crippen molar-refractivity contribution in [2.45, 2.75) is 25.2 Å². The molecule has 3 aliphatic rings. The molecule has 3 aliphatic heterocycles. The molecule has 31 heavy (non-hydrogen) atoms. The zero-order chi connectivity index (χ0) is 21.8. The number of fused-ring (bicyclic) bond motifs is 1. The van der Waals surface area contributed by atoms with Crippen LogP contribution in [0, 0.1) is 0 Å². The Morgan fingerprint density at radius 1 is 1.35 bits per heavy atom. The standard InChI is InChI=1S/C22H27N5O4/c1-14-10-15(8-9-23-14)25-22(30)19-11-24-21-7-6-18(26-27(19)21)17-4-2-3-5-20(17)31-13-16(29)12-28/h2-8,10-11,16,18,21,23-24,26,28-29H,9,12-13H2,1H3,(H,25,30). The number of benzene rings is 1. The van der Waals surface area contributed by atoms with Crippen molar-refractivity contribution in [1.82, 2.24) is 26.4 Å². The van der Waals surface area contributed by atoms with Gasteiger partial charge in [0.1, 0.15) is 30.3 Å². The molecule has 164 valence electrons. The van der Waals surface area contributed by atoms with Crippen molar-refractivity contribution in [2.24, 2.45) is 0 Å². The highest BCUT2D eigenvalue weighted by atomic mass is 16.5. The van der Waals surface area contributed by atoms with E-state index in [0.29, 0.717) is 18.0 Å². The number of aliphatic hydroxyl groups is 2. The van der Waals surface area contributed by atoms with Crippen LogP contribution in [0.3, 0.4) is 0 Å². The molecule has 1 aromatic carbocycles. The van der Waals surface area contributed by atoms with Crippen LogP contribution in [0.15, 0.2) is 71.9 Å². The van der Waals surface area contributed by atoms with Gasteiger partial charge in [0.05, 0.1) is 12.6 Å². The zero-order valence-electron chi connectivity index (χ0n) is 17.2. The Balaban J connectivity index is 1.47. The van der Waals surface area contributed by atoms with E-state index in [0.717, 1.165) is 17.0 Å². The first-order valence-corrected chi connectivity index (χ1v) is 10.2. The topological polar surface area (TPSA) is 118 Å². The van der Waals surface area contributed by atoms with Gasteiger partial charge in [-0.25, -0.2) is 5.43 Å². The Morgan fingerprint density at radius 3 is 3.00 bits per heavy atom. The first kappa shape index (κ1) is 21.0. The molecule has 0 bridgehead atoms. The number of ether oxygens (including phenoxy) is 1. The third kappa shape index (κ3) is 4.74. The summed E-state index contributed by atoms with van der Waals surface area (Å²) in [7, 11) is 0. The van der Waals surface area contributed by atoms with Crippen LogP contribution >= 0.6 is 0 Å². The summed E-state index contributed by atoms with van der Waals surface area (Å²) < 4.78 is 5.71. The fraction of sp³-hybridized carbons (Fsp3) is 0.318. The lowest BCUT2D eigenvalue weighted by atomic mass is 10.0. The molecule has 3 atom stereocenters. The maximum Gasteiger partial charge on any atom is 0.274 e. The highest BCUT2D eigenvalue weighted by molar-refractivity contribution is 5.94. The summed E-state index contributed by atoms with van der Waals surface area (Å²) in [5.74, 6) is 0.377. The van der Waals surface area contributed by atoms with Crippen LogP contribution in [0.2, 0.25) is 0 Å². The zero-order valence-corrected chi connectivity index (χ0v) is 17.2. The number of aliphatic hydroxyl groups excluding tert-OH is 2. The van der Waals surface area contributed by atoms with Crippen molar-refractivity contribution in [3.05, 3.63) is 77.4 Å². The van der Waals surface area contributed by atoms with E-state index in [-0.39, 0.29) is 31.3 Å². The Kier molecular flexibility index (Phi) is 6.26. The lowest BCUT2D eigenvalue weighted by molar-refractivity contribution is -0.118. The third-order valence-electron chi connectivity index (χ3n) is 5.15. The fourth-order valence-corrected chi connectivity index (χ4v) is 3.56. The molecule has 3 unspecified atom stereocenters. The number of allylic oxidation sites excluding steroid dienone is 2. The van der Waals surface area contributed by atoms with Gasteiger partial charge in [0.15, 0.2) is 0 Å². The lowest BCUT2D eigenvalue weighted by Gasteiger charge is -2.35. The number of hydrogen-bond acceptors (Lipinski definition) is 8. The number of para-hydroxylation sites is 1. The molecule has 1 aromatic rings. The fourth-order valence-electron chi connectivity index (χ4n) is 3.56. The highest BCUT2D eigenvalue weighted by Crippen LogP contribution is 2.30. The van der Waals surface area contributed by atoms with Crippen LogP contribution in [-0.4, -0.2) is 53.2 Å². The van der Waals surface area contributed by atoms with Crippen LogP contribution in [0.25, 0.3) is 0 Å². The van der Waals surface area contributed by atoms with Crippen LogP contribution < -0.4 is 26.1 Å². The van der Waals surface area contributed by atoms with E-state index in [1.54, 1.807) is 11.2 Å². The predicted octanol–water partition coefficient (Wildman–Crippen LogP) is 0.114. The summed E-state index contributed by atoms with van der Waals surface area (Å²) in [5, 5.41) is 29.7. The number of hydrazine groups is 1. The van der Waals surface area contributed by atoms with Crippen molar-refractivity contribution < 1.29 is 19.7 Å². The number of carbonyl (C=O) groups excluding carboxylic acids is 1. The third-order valence-corrected chi connectivity index (χ3v) is 5.15. The van der Waals surface area contributed by atoms with E-state index in [4.69, 9.17) is 9.84 Å². The van der Waals surface area contributed by atoms with Crippen molar-refractivity contribution >= 4 is 5.91 Å². The maximum absolute atomic E-state index is 12.9. The normalized spacial score (nSPS) is 22.9. The first-order chi connectivity index (χ1) is 15.0. The molecule has 0 saturated carbocycles. The van der Waals surface area contributed by atoms with Gasteiger partial charge in [-0.05, 0) is 31.2 Å². The SMILES string of the molecule is CC1=CC(NC(=O)C2=CNC3C=CC(c4ccccc4OCC(O)CO)NN23)=CCN1. The quantitative estimate of drug-likeness (QED) is 0.341. The first-order valence-electron chi connectivity index (χ1n) is 10.2.